The number of halogens is 1. The first-order valence-electron chi connectivity index (χ1n) is 8.65. The van der Waals surface area contributed by atoms with Crippen molar-refractivity contribution in [2.45, 2.75) is 26.3 Å². The van der Waals surface area contributed by atoms with Gasteiger partial charge in [0.25, 0.3) is 0 Å². The molecule has 0 fully saturated rings. The molecule has 3 aromatic heterocycles. The molecule has 2 N–H and O–H groups in total. The van der Waals surface area contributed by atoms with E-state index in [2.05, 4.69) is 37.8 Å². The van der Waals surface area contributed by atoms with Crippen LogP contribution in [0.4, 0.5) is 0 Å². The molecule has 0 amide bonds. The van der Waals surface area contributed by atoms with Crippen molar-refractivity contribution < 1.29 is 0 Å². The van der Waals surface area contributed by atoms with Crippen molar-refractivity contribution in [3.8, 4) is 0 Å². The fourth-order valence-electron chi connectivity index (χ4n) is 2.55. The highest BCUT2D eigenvalue weighted by atomic mass is 127. The Kier molecular flexibility index (Phi) is 8.32. The molecule has 0 unspecified atom stereocenters. The average molecular weight is 468 g/mol. The second-order valence-electron chi connectivity index (χ2n) is 5.61. The molecule has 140 valence electrons. The molecule has 0 aliphatic carbocycles. The van der Waals surface area contributed by atoms with Crippen LogP contribution in [0.2, 0.25) is 0 Å². The van der Waals surface area contributed by atoms with E-state index in [1.807, 2.05) is 45.7 Å². The van der Waals surface area contributed by atoms with Crippen molar-refractivity contribution in [2.75, 3.05) is 19.6 Å². The Hall–Kier alpha value is -2.17. The fraction of sp³-hybridized carbons (Fsp3) is 0.412. The van der Waals surface area contributed by atoms with Gasteiger partial charge in [-0.25, -0.2) is 0 Å². The van der Waals surface area contributed by atoms with E-state index in [0.717, 1.165) is 56.5 Å². The molecule has 3 rings (SSSR count). The average Bonchev–Trinajstić information content (AvgIpc) is 3.29. The van der Waals surface area contributed by atoms with E-state index in [4.69, 9.17) is 0 Å². The maximum Gasteiger partial charge on any atom is 0.191 e. The van der Waals surface area contributed by atoms with Crippen LogP contribution in [-0.2, 0) is 13.0 Å². The number of nitrogens with zero attached hydrogens (tertiary/aromatic N) is 6. The summed E-state index contributed by atoms with van der Waals surface area (Å²) in [6, 6.07) is 7.84. The van der Waals surface area contributed by atoms with Crippen molar-refractivity contribution in [2.24, 2.45) is 4.99 Å². The molecule has 0 spiro atoms. The lowest BCUT2D eigenvalue weighted by atomic mass is 10.4. The van der Waals surface area contributed by atoms with Crippen LogP contribution >= 0.6 is 24.0 Å². The summed E-state index contributed by atoms with van der Waals surface area (Å²) in [4.78, 5) is 4.60. The summed E-state index contributed by atoms with van der Waals surface area (Å²) in [5.41, 5.74) is 0.872. The van der Waals surface area contributed by atoms with E-state index in [9.17, 15) is 0 Å². The Labute approximate surface area is 170 Å². The number of hydrogen-bond acceptors (Lipinski definition) is 4. The predicted molar refractivity (Wildman–Crippen MR) is 113 cm³/mol. The minimum Gasteiger partial charge on any atom is -0.357 e. The molecule has 26 heavy (non-hydrogen) atoms. The first-order valence-corrected chi connectivity index (χ1v) is 8.65. The predicted octanol–water partition coefficient (Wildman–Crippen LogP) is 1.73. The van der Waals surface area contributed by atoms with Crippen LogP contribution in [0.25, 0.3) is 5.65 Å². The van der Waals surface area contributed by atoms with Crippen LogP contribution in [-0.4, -0.2) is 50.0 Å². The van der Waals surface area contributed by atoms with Gasteiger partial charge in [0, 0.05) is 51.2 Å². The third-order valence-electron chi connectivity index (χ3n) is 3.74. The van der Waals surface area contributed by atoms with Gasteiger partial charge in [-0.05, 0) is 31.5 Å². The third-order valence-corrected chi connectivity index (χ3v) is 3.74. The van der Waals surface area contributed by atoms with Crippen LogP contribution in [0.15, 0.2) is 47.8 Å². The summed E-state index contributed by atoms with van der Waals surface area (Å²) in [6.07, 6.45) is 7.48. The fourth-order valence-corrected chi connectivity index (χ4v) is 2.55. The number of pyridine rings is 1. The molecule has 9 heteroatoms. The number of hydrogen-bond donors (Lipinski definition) is 2. The molecule has 0 atom stereocenters. The summed E-state index contributed by atoms with van der Waals surface area (Å²) in [5, 5.41) is 19.2. The van der Waals surface area contributed by atoms with Gasteiger partial charge in [-0.15, -0.1) is 34.2 Å². The third kappa shape index (κ3) is 5.68. The van der Waals surface area contributed by atoms with Gasteiger partial charge in [-0.3, -0.25) is 14.1 Å². The number of aliphatic imine (C=N–C) groups is 1. The lowest BCUT2D eigenvalue weighted by molar-refractivity contribution is 0.584. The summed E-state index contributed by atoms with van der Waals surface area (Å²) < 4.78 is 3.93. The van der Waals surface area contributed by atoms with Crippen LogP contribution < -0.4 is 10.6 Å². The molecular formula is C17H25IN8. The SMILES string of the molecule is CCNC(=NCCCn1cccn1)NCCc1nnc2ccccn12.I. The lowest BCUT2D eigenvalue weighted by Gasteiger charge is -2.10. The number of aryl methyl sites for hydroxylation is 1. The van der Waals surface area contributed by atoms with Gasteiger partial charge < -0.3 is 10.6 Å². The number of guanidine groups is 1. The van der Waals surface area contributed by atoms with Crippen molar-refractivity contribution in [3.63, 3.8) is 0 Å². The van der Waals surface area contributed by atoms with Gasteiger partial charge in [0.2, 0.25) is 0 Å². The molecule has 3 heterocycles. The molecule has 0 aromatic carbocycles. The standard InChI is InChI=1S/C17H24N8.HI/c1-2-18-17(19-9-5-12-24-13-6-10-21-24)20-11-8-16-23-22-15-7-3-4-14-25(15)16;/h3-4,6-7,10,13-14H,2,5,8-9,11-12H2,1H3,(H2,18,19,20);1H. The van der Waals surface area contributed by atoms with Crippen molar-refractivity contribution in [1.29, 1.82) is 0 Å². The van der Waals surface area contributed by atoms with Gasteiger partial charge >= 0.3 is 0 Å². The normalized spacial score (nSPS) is 11.3. The van der Waals surface area contributed by atoms with E-state index in [1.165, 1.54) is 0 Å². The number of rotatable bonds is 8. The van der Waals surface area contributed by atoms with Crippen LogP contribution in [0, 0.1) is 0 Å². The molecule has 0 aliphatic rings. The maximum absolute atomic E-state index is 4.60. The monoisotopic (exact) mass is 468 g/mol. The molecule has 0 radical (unpaired) electrons. The highest BCUT2D eigenvalue weighted by Crippen LogP contribution is 2.02. The Bertz CT molecular complexity index is 796. The highest BCUT2D eigenvalue weighted by molar-refractivity contribution is 14.0. The van der Waals surface area contributed by atoms with Crippen molar-refractivity contribution >= 4 is 35.6 Å². The molecule has 3 aromatic rings. The maximum atomic E-state index is 4.60. The number of aromatic nitrogens is 5. The van der Waals surface area contributed by atoms with Gasteiger partial charge in [0.1, 0.15) is 5.82 Å². The second-order valence-corrected chi connectivity index (χ2v) is 5.61. The second kappa shape index (κ2) is 10.7. The number of nitrogens with one attached hydrogen (secondary N) is 2. The van der Waals surface area contributed by atoms with Crippen molar-refractivity contribution in [3.05, 3.63) is 48.7 Å². The van der Waals surface area contributed by atoms with Crippen LogP contribution in [0.3, 0.4) is 0 Å². The summed E-state index contributed by atoms with van der Waals surface area (Å²) in [7, 11) is 0. The smallest absolute Gasteiger partial charge is 0.191 e. The topological polar surface area (TPSA) is 84.4 Å². The quantitative estimate of drug-likeness (QED) is 0.228. The minimum atomic E-state index is 0. The molecule has 0 saturated carbocycles. The summed E-state index contributed by atoms with van der Waals surface area (Å²) in [6.45, 7) is 5.27. The van der Waals surface area contributed by atoms with Gasteiger partial charge in [-0.2, -0.15) is 5.10 Å². The van der Waals surface area contributed by atoms with E-state index >= 15 is 0 Å². The minimum absolute atomic E-state index is 0. The van der Waals surface area contributed by atoms with Crippen LogP contribution in [0.1, 0.15) is 19.2 Å². The molecule has 8 nitrogen and oxygen atoms in total. The Morgan fingerprint density at radius 3 is 2.88 bits per heavy atom. The molecule has 0 bridgehead atoms. The number of fused-ring (bicyclic) bond motifs is 1. The zero-order chi connectivity index (χ0) is 17.3. The Morgan fingerprint density at radius 2 is 2.08 bits per heavy atom. The van der Waals surface area contributed by atoms with Crippen LogP contribution in [0.5, 0.6) is 0 Å². The first kappa shape index (κ1) is 20.1. The largest absolute Gasteiger partial charge is 0.357 e. The summed E-state index contributed by atoms with van der Waals surface area (Å²) >= 11 is 0. The van der Waals surface area contributed by atoms with E-state index in [1.54, 1.807) is 6.20 Å². The Morgan fingerprint density at radius 1 is 1.15 bits per heavy atom. The van der Waals surface area contributed by atoms with E-state index in [-0.39, 0.29) is 24.0 Å². The zero-order valence-corrected chi connectivity index (χ0v) is 17.2. The van der Waals surface area contributed by atoms with Gasteiger partial charge in [0.05, 0.1) is 0 Å². The van der Waals surface area contributed by atoms with Gasteiger partial charge in [-0.1, -0.05) is 6.07 Å². The van der Waals surface area contributed by atoms with E-state index < -0.39 is 0 Å². The van der Waals surface area contributed by atoms with E-state index in [0.29, 0.717) is 0 Å². The molecule has 0 saturated heterocycles. The molecular weight excluding hydrogens is 443 g/mol. The Balaban J connectivity index is 0.00000243. The van der Waals surface area contributed by atoms with Gasteiger partial charge in [0.15, 0.2) is 11.6 Å². The van der Waals surface area contributed by atoms with Crippen molar-refractivity contribution in [1.82, 2.24) is 35.0 Å². The molecule has 0 aliphatic heterocycles. The highest BCUT2D eigenvalue weighted by Gasteiger charge is 2.04. The lowest BCUT2D eigenvalue weighted by Crippen LogP contribution is -2.38. The zero-order valence-electron chi connectivity index (χ0n) is 14.9. The summed E-state index contributed by atoms with van der Waals surface area (Å²) in [5.74, 6) is 1.77. The first-order chi connectivity index (χ1) is 12.4.